The van der Waals surface area contributed by atoms with Crippen molar-refractivity contribution in [2.45, 2.75) is 12.7 Å². The molecule has 27 heavy (non-hydrogen) atoms. The molecule has 3 rings (SSSR count). The van der Waals surface area contributed by atoms with E-state index in [0.29, 0.717) is 11.1 Å². The number of fused-ring (bicyclic) bond motifs is 1. The maximum atomic E-state index is 12.6. The van der Waals surface area contributed by atoms with E-state index in [-0.39, 0.29) is 50.0 Å². The Labute approximate surface area is 165 Å². The predicted octanol–water partition coefficient (Wildman–Crippen LogP) is 4.24. The molecule has 1 aromatic heterocycles. The standard InChI is InChI=1S/C18H12F3N2O3.Re/c1-2-15(24)22-9-11-3-8-14(17-16(11)23-10-25-17)26-13-6-4-12(5-7-13)18(19,20)21;/h2-8H,1,9H2,(H,22,24);/q-1;. The Morgan fingerprint density at radius 2 is 1.96 bits per heavy atom. The molecule has 0 aliphatic rings. The first-order valence-electron chi connectivity index (χ1n) is 7.42. The average molecular weight is 548 g/mol. The first-order chi connectivity index (χ1) is 12.4. The van der Waals surface area contributed by atoms with Crippen LogP contribution in [0.3, 0.4) is 0 Å². The minimum Gasteiger partial charge on any atom is -0.570 e. The summed E-state index contributed by atoms with van der Waals surface area (Å²) in [5.41, 5.74) is 0.602. The third-order valence-corrected chi connectivity index (χ3v) is 3.53. The number of alkyl halides is 3. The van der Waals surface area contributed by atoms with Crippen molar-refractivity contribution in [3.05, 3.63) is 66.6 Å². The number of aromatic nitrogens is 1. The van der Waals surface area contributed by atoms with E-state index in [2.05, 4.69) is 23.3 Å². The number of nitrogens with zero attached hydrogens (tertiary/aromatic N) is 1. The number of hydrogen-bond acceptors (Lipinski definition) is 4. The van der Waals surface area contributed by atoms with Crippen LogP contribution in [0.2, 0.25) is 0 Å². The van der Waals surface area contributed by atoms with E-state index in [0.717, 1.165) is 18.2 Å². The van der Waals surface area contributed by atoms with E-state index in [1.807, 2.05) is 0 Å². The number of amides is 1. The van der Waals surface area contributed by atoms with Crippen molar-refractivity contribution in [1.29, 1.82) is 0 Å². The molecule has 0 saturated carbocycles. The average Bonchev–Trinajstić information content (AvgIpc) is 3.10. The molecular formula is C18H12F3N2O3Re-. The molecule has 0 aliphatic heterocycles. The van der Waals surface area contributed by atoms with Gasteiger partial charge in [0.25, 0.3) is 0 Å². The second kappa shape index (κ2) is 8.38. The molecule has 0 atom stereocenters. The van der Waals surface area contributed by atoms with E-state index < -0.39 is 11.7 Å². The van der Waals surface area contributed by atoms with E-state index in [9.17, 15) is 18.0 Å². The number of benzene rings is 2. The van der Waals surface area contributed by atoms with Crippen LogP contribution in [0.4, 0.5) is 13.2 Å². The molecule has 1 radical (unpaired) electrons. The van der Waals surface area contributed by atoms with E-state index in [4.69, 9.17) is 9.15 Å². The van der Waals surface area contributed by atoms with Gasteiger partial charge in [-0.15, -0.1) is 0 Å². The van der Waals surface area contributed by atoms with Gasteiger partial charge in [-0.25, -0.2) is 0 Å². The fraction of sp³-hybridized carbons (Fsp3) is 0.111. The van der Waals surface area contributed by atoms with E-state index in [1.54, 1.807) is 12.1 Å². The minimum absolute atomic E-state index is 0. The number of oxazole rings is 1. The van der Waals surface area contributed by atoms with Crippen LogP contribution in [0.5, 0.6) is 11.5 Å². The van der Waals surface area contributed by atoms with Crippen LogP contribution in [0, 0.1) is 6.39 Å². The molecule has 5 nitrogen and oxygen atoms in total. The summed E-state index contributed by atoms with van der Waals surface area (Å²) in [4.78, 5) is 15.3. The molecule has 0 bridgehead atoms. The van der Waals surface area contributed by atoms with Crippen LogP contribution in [0.15, 0.2) is 53.5 Å². The molecule has 3 aromatic rings. The largest absolute Gasteiger partial charge is 0.570 e. The van der Waals surface area contributed by atoms with Gasteiger partial charge in [-0.3, -0.25) is 4.79 Å². The molecule has 9 heteroatoms. The van der Waals surface area contributed by atoms with E-state index >= 15 is 0 Å². The summed E-state index contributed by atoms with van der Waals surface area (Å²) in [7, 11) is 0. The molecule has 1 heterocycles. The van der Waals surface area contributed by atoms with Crippen LogP contribution in [0.1, 0.15) is 11.1 Å². The summed E-state index contributed by atoms with van der Waals surface area (Å²) < 4.78 is 48.6. The van der Waals surface area contributed by atoms with Gasteiger partial charge in [0.2, 0.25) is 5.91 Å². The van der Waals surface area contributed by atoms with Gasteiger partial charge in [0.15, 0.2) is 0 Å². The second-order valence-corrected chi connectivity index (χ2v) is 5.25. The third kappa shape index (κ3) is 4.76. The van der Waals surface area contributed by atoms with Gasteiger partial charge in [-0.1, -0.05) is 18.2 Å². The third-order valence-electron chi connectivity index (χ3n) is 3.53. The van der Waals surface area contributed by atoms with Gasteiger partial charge in [0.05, 0.1) is 5.56 Å². The van der Waals surface area contributed by atoms with Crippen molar-refractivity contribution in [3.8, 4) is 11.5 Å². The Morgan fingerprint density at radius 1 is 1.26 bits per heavy atom. The zero-order valence-electron chi connectivity index (χ0n) is 13.6. The fourth-order valence-electron chi connectivity index (χ4n) is 2.25. The normalized spacial score (nSPS) is 10.9. The Hall–Kier alpha value is -2.63. The molecule has 0 aliphatic carbocycles. The Kier molecular flexibility index (Phi) is 6.42. The molecule has 1 amide bonds. The van der Waals surface area contributed by atoms with Crippen molar-refractivity contribution in [3.63, 3.8) is 0 Å². The predicted molar refractivity (Wildman–Crippen MR) is 86.4 cm³/mol. The molecule has 0 fully saturated rings. The summed E-state index contributed by atoms with van der Waals surface area (Å²) in [5.74, 6) is 0.145. The number of hydrogen-bond donors (Lipinski definition) is 1. The van der Waals surface area contributed by atoms with Crippen molar-refractivity contribution >= 4 is 17.0 Å². The Balaban J connectivity index is 0.00000261. The van der Waals surface area contributed by atoms with Crippen LogP contribution in [-0.4, -0.2) is 10.9 Å². The number of carbonyl (C=O) groups is 1. The topological polar surface area (TPSA) is 64.4 Å². The number of rotatable bonds is 5. The summed E-state index contributed by atoms with van der Waals surface area (Å²) in [6.45, 7) is 3.56. The Morgan fingerprint density at radius 3 is 2.59 bits per heavy atom. The van der Waals surface area contributed by atoms with Gasteiger partial charge in [0.1, 0.15) is 17.9 Å². The maximum Gasteiger partial charge on any atom is 0.416 e. The van der Waals surface area contributed by atoms with E-state index in [1.165, 1.54) is 12.1 Å². The van der Waals surface area contributed by atoms with Crippen molar-refractivity contribution < 1.29 is 47.5 Å². The van der Waals surface area contributed by atoms with Crippen molar-refractivity contribution in [2.75, 3.05) is 0 Å². The number of halogens is 3. The number of nitrogens with one attached hydrogen (secondary N) is 1. The summed E-state index contributed by atoms with van der Waals surface area (Å²) in [6, 6.07) is 7.53. The Bertz CT molecular complexity index is 953. The maximum absolute atomic E-state index is 12.6. The molecule has 0 saturated heterocycles. The minimum atomic E-state index is -4.41. The fourth-order valence-corrected chi connectivity index (χ4v) is 2.25. The summed E-state index contributed by atoms with van der Waals surface area (Å²) >= 11 is 0. The second-order valence-electron chi connectivity index (χ2n) is 5.25. The first kappa shape index (κ1) is 20.7. The van der Waals surface area contributed by atoms with Crippen LogP contribution in [-0.2, 0) is 37.9 Å². The quantitative estimate of drug-likeness (QED) is 0.384. The molecule has 2 aromatic carbocycles. The molecule has 1 N–H and O–H groups in total. The molecule has 0 unspecified atom stereocenters. The van der Waals surface area contributed by atoms with Gasteiger partial charge < -0.3 is 19.5 Å². The molecule has 141 valence electrons. The van der Waals surface area contributed by atoms with Crippen LogP contribution < -0.4 is 10.1 Å². The van der Waals surface area contributed by atoms with Crippen LogP contribution >= 0.6 is 0 Å². The van der Waals surface area contributed by atoms with Gasteiger partial charge >= 0.3 is 6.18 Å². The van der Waals surface area contributed by atoms with Gasteiger partial charge in [-0.2, -0.15) is 13.2 Å². The van der Waals surface area contributed by atoms with Crippen LogP contribution in [0.25, 0.3) is 11.1 Å². The zero-order chi connectivity index (χ0) is 18.7. The summed E-state index contributed by atoms with van der Waals surface area (Å²) in [6.07, 6.45) is -0.918. The number of ether oxygens (including phenoxy) is 1. The monoisotopic (exact) mass is 548 g/mol. The van der Waals surface area contributed by atoms with Crippen molar-refractivity contribution in [1.82, 2.24) is 10.3 Å². The SMILES string of the molecule is C=CC(=O)NCc1ccc(Oc2ccc(C(F)(F)F)cc2)c2o[c-]nc12.[Re]. The smallest absolute Gasteiger partial charge is 0.416 e. The summed E-state index contributed by atoms with van der Waals surface area (Å²) in [5, 5.41) is 2.62. The number of carbonyl (C=O) groups excluding carboxylic acids is 1. The van der Waals surface area contributed by atoms with Gasteiger partial charge in [0, 0.05) is 32.6 Å². The first-order valence-corrected chi connectivity index (χ1v) is 7.42. The molecular weight excluding hydrogens is 535 g/mol. The van der Waals surface area contributed by atoms with Crippen molar-refractivity contribution in [2.24, 2.45) is 0 Å². The molecule has 0 spiro atoms. The van der Waals surface area contributed by atoms with Gasteiger partial charge in [-0.05, 0) is 41.9 Å². The zero-order valence-corrected chi connectivity index (χ0v) is 16.4.